The third-order valence-electron chi connectivity index (χ3n) is 7.43. The van der Waals surface area contributed by atoms with Crippen molar-refractivity contribution in [3.8, 4) is 0 Å². The van der Waals surface area contributed by atoms with Crippen molar-refractivity contribution in [1.82, 2.24) is 25.0 Å². The molecule has 0 aliphatic carbocycles. The van der Waals surface area contributed by atoms with Gasteiger partial charge >= 0.3 is 0 Å². The van der Waals surface area contributed by atoms with Gasteiger partial charge in [0.25, 0.3) is 5.91 Å². The number of pyridine rings is 3. The molecule has 0 saturated carbocycles. The number of hydrogen-bond donors (Lipinski definition) is 3. The second-order valence-corrected chi connectivity index (χ2v) is 13.7. The molecule has 0 bridgehead atoms. The maximum atomic E-state index is 14.6. The lowest BCUT2D eigenvalue weighted by Crippen LogP contribution is -2.30. The monoisotopic (exact) mass is 578 g/mol. The predicted molar refractivity (Wildman–Crippen MR) is 165 cm³/mol. The van der Waals surface area contributed by atoms with Crippen LogP contribution in [0.15, 0.2) is 53.7 Å². The summed E-state index contributed by atoms with van der Waals surface area (Å²) in [6, 6.07) is 13.1. The molecular weight excluding hydrogens is 535 g/mol. The van der Waals surface area contributed by atoms with Gasteiger partial charge in [0.05, 0.1) is 17.3 Å². The van der Waals surface area contributed by atoms with Gasteiger partial charge in [-0.3, -0.25) is 14.5 Å². The minimum absolute atomic E-state index is 0.00483. The lowest BCUT2D eigenvalue weighted by atomic mass is 9.87. The van der Waals surface area contributed by atoms with Gasteiger partial charge in [0.1, 0.15) is 10.8 Å². The fourth-order valence-electron chi connectivity index (χ4n) is 4.83. The van der Waals surface area contributed by atoms with E-state index in [1.807, 2.05) is 45.2 Å². The zero-order valence-corrected chi connectivity index (χ0v) is 25.9. The molecule has 1 saturated heterocycles. The van der Waals surface area contributed by atoms with E-state index in [0.717, 1.165) is 43.6 Å². The molecule has 0 aromatic carbocycles. The van der Waals surface area contributed by atoms with E-state index in [9.17, 15) is 9.18 Å². The molecule has 2 unspecified atom stereocenters. The highest BCUT2D eigenvalue weighted by atomic mass is 32.2. The molecule has 1 aliphatic rings. The minimum Gasteiger partial charge on any atom is -0.362 e. The number of anilines is 1. The first kappa shape index (κ1) is 30.9. The molecule has 3 aromatic rings. The Bertz CT molecular complexity index is 1310. The number of carbonyl (C=O) groups is 1. The van der Waals surface area contributed by atoms with Crippen molar-refractivity contribution in [1.29, 1.82) is 0 Å². The summed E-state index contributed by atoms with van der Waals surface area (Å²) in [5.74, 6) is 0.0158. The molecule has 220 valence electrons. The lowest BCUT2D eigenvalue weighted by molar-refractivity contribution is 0.0979. The van der Waals surface area contributed by atoms with Crippen LogP contribution in [0.25, 0.3) is 0 Å². The van der Waals surface area contributed by atoms with Gasteiger partial charge in [-0.15, -0.1) is 0 Å². The Balaban J connectivity index is 1.45. The summed E-state index contributed by atoms with van der Waals surface area (Å²) < 4.78 is 17.3. The third kappa shape index (κ3) is 8.72. The van der Waals surface area contributed by atoms with E-state index < -0.39 is 11.9 Å². The Morgan fingerprint density at radius 2 is 1.88 bits per heavy atom. The van der Waals surface area contributed by atoms with Gasteiger partial charge in [0.2, 0.25) is 5.95 Å². The fraction of sp³-hybridized carbons (Fsp3) is 0.500. The van der Waals surface area contributed by atoms with Gasteiger partial charge < -0.3 is 10.6 Å². The highest BCUT2D eigenvalue weighted by molar-refractivity contribution is 7.97. The SMILES string of the molecule is CC(C)(C)c1ccc(C(CCC2CCCNC2)Nc2cccc(SNC(=O)c3ccc(C(C)(C)C)nc3F)n2)nc1. The number of nitrogens with zero attached hydrogens (tertiary/aromatic N) is 3. The minimum atomic E-state index is -0.778. The number of piperidine rings is 1. The van der Waals surface area contributed by atoms with E-state index in [1.54, 1.807) is 6.07 Å². The van der Waals surface area contributed by atoms with Crippen LogP contribution in [-0.4, -0.2) is 33.9 Å². The topological polar surface area (TPSA) is 91.8 Å². The maximum Gasteiger partial charge on any atom is 0.266 e. The first-order chi connectivity index (χ1) is 19.4. The van der Waals surface area contributed by atoms with Crippen LogP contribution in [0.5, 0.6) is 0 Å². The molecule has 2 atom stereocenters. The largest absolute Gasteiger partial charge is 0.362 e. The molecule has 41 heavy (non-hydrogen) atoms. The summed E-state index contributed by atoms with van der Waals surface area (Å²) in [4.78, 5) is 26.3. The number of carbonyl (C=O) groups excluding carboxylic acids is 1. The summed E-state index contributed by atoms with van der Waals surface area (Å²) >= 11 is 1.05. The number of halogens is 1. The van der Waals surface area contributed by atoms with E-state index in [1.165, 1.54) is 24.5 Å². The van der Waals surface area contributed by atoms with E-state index in [0.29, 0.717) is 22.5 Å². The highest BCUT2D eigenvalue weighted by Gasteiger charge is 2.22. The number of nitrogens with one attached hydrogen (secondary N) is 3. The summed E-state index contributed by atoms with van der Waals surface area (Å²) in [5, 5.41) is 7.70. The van der Waals surface area contributed by atoms with Crippen LogP contribution in [0.4, 0.5) is 10.2 Å². The van der Waals surface area contributed by atoms with Crippen LogP contribution in [0, 0.1) is 11.9 Å². The number of amides is 1. The van der Waals surface area contributed by atoms with Gasteiger partial charge in [-0.2, -0.15) is 4.39 Å². The molecule has 3 N–H and O–H groups in total. The maximum absolute atomic E-state index is 14.6. The Kier molecular flexibility index (Phi) is 10.0. The quantitative estimate of drug-likeness (QED) is 0.186. The van der Waals surface area contributed by atoms with Gasteiger partial charge in [-0.1, -0.05) is 53.7 Å². The first-order valence-electron chi connectivity index (χ1n) is 14.4. The predicted octanol–water partition coefficient (Wildman–Crippen LogP) is 6.98. The molecule has 4 rings (SSSR count). The number of hydrogen-bond acceptors (Lipinski definition) is 7. The Morgan fingerprint density at radius 1 is 1.07 bits per heavy atom. The van der Waals surface area contributed by atoms with Crippen LogP contribution in [-0.2, 0) is 10.8 Å². The molecule has 3 aromatic heterocycles. The van der Waals surface area contributed by atoms with Crippen LogP contribution in [0.1, 0.15) is 101 Å². The number of rotatable bonds is 9. The van der Waals surface area contributed by atoms with Crippen molar-refractivity contribution in [2.75, 3.05) is 18.4 Å². The number of aromatic nitrogens is 3. The molecule has 9 heteroatoms. The van der Waals surface area contributed by atoms with Crippen molar-refractivity contribution in [2.24, 2.45) is 5.92 Å². The molecule has 4 heterocycles. The average molecular weight is 579 g/mol. The van der Waals surface area contributed by atoms with Crippen LogP contribution >= 0.6 is 11.9 Å². The van der Waals surface area contributed by atoms with Crippen LogP contribution in [0.3, 0.4) is 0 Å². The zero-order chi connectivity index (χ0) is 29.6. The summed E-state index contributed by atoms with van der Waals surface area (Å²) in [7, 11) is 0. The molecule has 1 amide bonds. The highest BCUT2D eigenvalue weighted by Crippen LogP contribution is 2.29. The molecule has 7 nitrogen and oxygen atoms in total. The van der Waals surface area contributed by atoms with Crippen molar-refractivity contribution >= 4 is 23.7 Å². The Morgan fingerprint density at radius 3 is 2.51 bits per heavy atom. The van der Waals surface area contributed by atoms with Crippen molar-refractivity contribution in [2.45, 2.75) is 89.1 Å². The van der Waals surface area contributed by atoms with Crippen LogP contribution < -0.4 is 15.4 Å². The van der Waals surface area contributed by atoms with Gasteiger partial charge in [0.15, 0.2) is 0 Å². The van der Waals surface area contributed by atoms with E-state index in [2.05, 4.69) is 53.2 Å². The zero-order valence-electron chi connectivity index (χ0n) is 25.1. The molecule has 1 fully saturated rings. The average Bonchev–Trinajstić information content (AvgIpc) is 2.94. The first-order valence-corrected chi connectivity index (χ1v) is 15.3. The standard InChI is InChI=1S/C32H43FN6OS/c1-31(2,3)22-13-16-24(35-20-22)25(15-12-21-9-8-18-34-19-21)36-27-10-7-11-28(38-27)41-39-30(40)23-14-17-26(32(4,5)6)37-29(23)33/h7,10-11,13-14,16-17,20-21,25,34H,8-9,12,15,18-19H2,1-6H3,(H,36,38)(H,39,40). The van der Waals surface area contributed by atoms with E-state index in [4.69, 9.17) is 9.97 Å². The van der Waals surface area contributed by atoms with Gasteiger partial charge in [0, 0.05) is 29.3 Å². The van der Waals surface area contributed by atoms with Crippen LogP contribution in [0.2, 0.25) is 0 Å². The van der Waals surface area contributed by atoms with Gasteiger partial charge in [-0.05, 0) is 86.0 Å². The summed E-state index contributed by atoms with van der Waals surface area (Å²) in [6.45, 7) is 14.6. The summed E-state index contributed by atoms with van der Waals surface area (Å²) in [6.07, 6.45) is 6.46. The fourth-order valence-corrected chi connectivity index (χ4v) is 5.43. The van der Waals surface area contributed by atoms with E-state index >= 15 is 0 Å². The molecule has 0 radical (unpaired) electrons. The van der Waals surface area contributed by atoms with Crippen molar-refractivity contribution < 1.29 is 9.18 Å². The molecular formula is C32H43FN6OS. The van der Waals surface area contributed by atoms with Crippen molar-refractivity contribution in [3.05, 3.63) is 77.1 Å². The molecule has 0 spiro atoms. The lowest BCUT2D eigenvalue weighted by Gasteiger charge is -2.26. The second kappa shape index (κ2) is 13.3. The van der Waals surface area contributed by atoms with Crippen molar-refractivity contribution in [3.63, 3.8) is 0 Å². The molecule has 1 aliphatic heterocycles. The second-order valence-electron chi connectivity index (χ2n) is 12.9. The smallest absolute Gasteiger partial charge is 0.266 e. The summed E-state index contributed by atoms with van der Waals surface area (Å²) in [5.41, 5.74) is 2.41. The normalized spacial score (nSPS) is 16.7. The Hall–Kier alpha value is -3.04. The van der Waals surface area contributed by atoms with Gasteiger partial charge in [-0.25, -0.2) is 9.97 Å². The Labute approximate surface area is 248 Å². The third-order valence-corrected chi connectivity index (χ3v) is 8.15. The van der Waals surface area contributed by atoms with E-state index in [-0.39, 0.29) is 22.4 Å².